The predicted molar refractivity (Wildman–Crippen MR) is 78.0 cm³/mol. The molecule has 2 rings (SSSR count). The molecule has 2 aromatic carbocycles. The maximum atomic E-state index is 9.93. The molecule has 0 saturated heterocycles. The molecule has 0 radical (unpaired) electrons. The summed E-state index contributed by atoms with van der Waals surface area (Å²) >= 11 is 6.15. The molecule has 2 aromatic rings. The van der Waals surface area contributed by atoms with Crippen LogP contribution in [0.3, 0.4) is 0 Å². The third-order valence-corrected chi connectivity index (χ3v) is 3.50. The third kappa shape index (κ3) is 2.71. The molecule has 0 aromatic heterocycles. The summed E-state index contributed by atoms with van der Waals surface area (Å²) in [6, 6.07) is 8.35. The van der Waals surface area contributed by atoms with E-state index in [-0.39, 0.29) is 11.5 Å². The third-order valence-electron chi connectivity index (χ3n) is 2.92. The number of hydrogen-bond donors (Lipinski definition) is 2. The molecular weight excluding hydrogens is 262 g/mol. The van der Waals surface area contributed by atoms with Gasteiger partial charge in [-0.2, -0.15) is 0 Å². The van der Waals surface area contributed by atoms with Gasteiger partial charge in [-0.3, -0.25) is 4.99 Å². The number of phenolic OH excluding ortho intramolecular Hbond substituents is 2. The van der Waals surface area contributed by atoms with E-state index in [1.54, 1.807) is 30.3 Å². The summed E-state index contributed by atoms with van der Waals surface area (Å²) < 4.78 is 0. The molecule has 0 unspecified atom stereocenters. The van der Waals surface area contributed by atoms with Gasteiger partial charge >= 0.3 is 0 Å². The summed E-state index contributed by atoms with van der Waals surface area (Å²) in [7, 11) is 0. The lowest BCUT2D eigenvalue weighted by Crippen LogP contribution is -1.92. The van der Waals surface area contributed by atoms with Crippen LogP contribution in [0.5, 0.6) is 11.5 Å². The highest BCUT2D eigenvalue weighted by molar-refractivity contribution is 6.32. The number of aliphatic imine (C=N–C) groups is 1. The van der Waals surface area contributed by atoms with Crippen molar-refractivity contribution < 1.29 is 10.2 Å². The minimum absolute atomic E-state index is 0.0918. The van der Waals surface area contributed by atoms with Crippen molar-refractivity contribution in [2.75, 3.05) is 0 Å². The highest BCUT2D eigenvalue weighted by Gasteiger charge is 2.09. The molecule has 4 heteroatoms. The summed E-state index contributed by atoms with van der Waals surface area (Å²) in [6.45, 7) is 3.65. The molecule has 0 aliphatic rings. The molecule has 0 heterocycles. The van der Waals surface area contributed by atoms with Crippen LogP contribution in [-0.4, -0.2) is 16.4 Å². The van der Waals surface area contributed by atoms with Gasteiger partial charge in [-0.15, -0.1) is 0 Å². The second kappa shape index (κ2) is 5.33. The zero-order valence-corrected chi connectivity index (χ0v) is 11.4. The quantitative estimate of drug-likeness (QED) is 0.810. The van der Waals surface area contributed by atoms with Gasteiger partial charge in [0.15, 0.2) is 0 Å². The number of nitrogens with zero attached hydrogens (tertiary/aromatic N) is 1. The molecule has 0 fully saturated rings. The second-order valence-corrected chi connectivity index (χ2v) is 4.69. The van der Waals surface area contributed by atoms with Crippen LogP contribution in [0.1, 0.15) is 16.7 Å². The fraction of sp³-hybridized carbons (Fsp3) is 0.133. The van der Waals surface area contributed by atoms with E-state index in [4.69, 9.17) is 11.6 Å². The zero-order valence-electron chi connectivity index (χ0n) is 10.7. The van der Waals surface area contributed by atoms with Crippen molar-refractivity contribution in [2.24, 2.45) is 4.99 Å². The number of para-hydroxylation sites is 2. The van der Waals surface area contributed by atoms with E-state index in [1.165, 1.54) is 6.21 Å². The number of phenols is 2. The molecule has 0 saturated carbocycles. The first-order valence-corrected chi connectivity index (χ1v) is 6.19. The molecule has 2 N–H and O–H groups in total. The van der Waals surface area contributed by atoms with Crippen molar-refractivity contribution in [3.63, 3.8) is 0 Å². The fourth-order valence-corrected chi connectivity index (χ4v) is 1.98. The molecule has 0 amide bonds. The van der Waals surface area contributed by atoms with Crippen molar-refractivity contribution >= 4 is 23.5 Å². The van der Waals surface area contributed by atoms with Gasteiger partial charge < -0.3 is 10.2 Å². The summed E-state index contributed by atoms with van der Waals surface area (Å²) in [5.74, 6) is 0.215. The van der Waals surface area contributed by atoms with Crippen LogP contribution in [0.2, 0.25) is 5.02 Å². The summed E-state index contributed by atoms with van der Waals surface area (Å²) in [5, 5.41) is 20.2. The average Bonchev–Trinajstić information content (AvgIpc) is 2.38. The van der Waals surface area contributed by atoms with E-state index in [0.717, 1.165) is 11.1 Å². The molecule has 0 bridgehead atoms. The van der Waals surface area contributed by atoms with E-state index in [1.807, 2.05) is 13.8 Å². The van der Waals surface area contributed by atoms with Crippen molar-refractivity contribution in [2.45, 2.75) is 13.8 Å². The van der Waals surface area contributed by atoms with Gasteiger partial charge in [0.2, 0.25) is 0 Å². The minimum Gasteiger partial charge on any atom is -0.507 e. The van der Waals surface area contributed by atoms with E-state index in [2.05, 4.69) is 4.99 Å². The summed E-state index contributed by atoms with van der Waals surface area (Å²) in [6.07, 6.45) is 1.50. The van der Waals surface area contributed by atoms with Crippen LogP contribution in [0, 0.1) is 13.8 Å². The number of benzene rings is 2. The Balaban J connectivity index is 2.45. The molecule has 98 valence electrons. The van der Waals surface area contributed by atoms with Gasteiger partial charge in [-0.25, -0.2) is 0 Å². The fourth-order valence-electron chi connectivity index (χ4n) is 1.82. The number of aryl methyl sites for hydroxylation is 1. The smallest absolute Gasteiger partial charge is 0.141 e. The summed E-state index contributed by atoms with van der Waals surface area (Å²) in [4.78, 5) is 4.17. The number of halogens is 1. The molecular formula is C15H14ClNO2. The second-order valence-electron chi connectivity index (χ2n) is 4.31. The van der Waals surface area contributed by atoms with Gasteiger partial charge in [-0.1, -0.05) is 23.7 Å². The lowest BCUT2D eigenvalue weighted by molar-refractivity contribution is 0.473. The average molecular weight is 276 g/mol. The standard InChI is InChI=1S/C15H14ClNO2/c1-9-7-14(19)11(10(2)15(9)16)8-17-12-5-3-4-6-13(12)18/h3-8,18-19H,1-2H3. The largest absolute Gasteiger partial charge is 0.507 e. The SMILES string of the molecule is Cc1cc(O)c(C=Nc2ccccc2O)c(C)c1Cl. The van der Waals surface area contributed by atoms with E-state index >= 15 is 0 Å². The van der Waals surface area contributed by atoms with Crippen molar-refractivity contribution in [1.29, 1.82) is 0 Å². The first-order valence-electron chi connectivity index (χ1n) is 5.81. The Morgan fingerprint density at radius 2 is 1.79 bits per heavy atom. The normalized spacial score (nSPS) is 11.1. The number of rotatable bonds is 2. The highest BCUT2D eigenvalue weighted by atomic mass is 35.5. The first kappa shape index (κ1) is 13.4. The summed E-state index contributed by atoms with van der Waals surface area (Å²) in [5.41, 5.74) is 2.58. The molecule has 0 spiro atoms. The van der Waals surface area contributed by atoms with Crippen molar-refractivity contribution in [1.82, 2.24) is 0 Å². The van der Waals surface area contributed by atoms with Gasteiger partial charge in [0, 0.05) is 16.8 Å². The van der Waals surface area contributed by atoms with Crippen molar-refractivity contribution in [3.05, 3.63) is 52.0 Å². The molecule has 0 atom stereocenters. The van der Waals surface area contributed by atoms with Crippen LogP contribution in [-0.2, 0) is 0 Å². The lowest BCUT2D eigenvalue weighted by atomic mass is 10.0. The Bertz CT molecular complexity index is 651. The van der Waals surface area contributed by atoms with Crippen LogP contribution in [0.15, 0.2) is 35.3 Å². The van der Waals surface area contributed by atoms with Gasteiger partial charge in [0.1, 0.15) is 17.2 Å². The number of hydrogen-bond acceptors (Lipinski definition) is 3. The van der Waals surface area contributed by atoms with Gasteiger partial charge in [0.25, 0.3) is 0 Å². The van der Waals surface area contributed by atoms with Crippen molar-refractivity contribution in [3.8, 4) is 11.5 Å². The van der Waals surface area contributed by atoms with Crippen LogP contribution >= 0.6 is 11.6 Å². The van der Waals surface area contributed by atoms with Crippen LogP contribution in [0.25, 0.3) is 0 Å². The number of aromatic hydroxyl groups is 2. The maximum Gasteiger partial charge on any atom is 0.141 e. The topological polar surface area (TPSA) is 52.8 Å². The Morgan fingerprint density at radius 1 is 1.11 bits per heavy atom. The monoisotopic (exact) mass is 275 g/mol. The molecule has 3 nitrogen and oxygen atoms in total. The highest BCUT2D eigenvalue weighted by Crippen LogP contribution is 2.31. The Morgan fingerprint density at radius 3 is 2.47 bits per heavy atom. The van der Waals surface area contributed by atoms with Crippen LogP contribution < -0.4 is 0 Å². The Kier molecular flexibility index (Phi) is 3.76. The van der Waals surface area contributed by atoms with Gasteiger partial charge in [0.05, 0.1) is 0 Å². The molecule has 19 heavy (non-hydrogen) atoms. The maximum absolute atomic E-state index is 9.93. The Hall–Kier alpha value is -2.00. The van der Waals surface area contributed by atoms with E-state index in [9.17, 15) is 10.2 Å². The van der Waals surface area contributed by atoms with Gasteiger partial charge in [-0.05, 0) is 43.2 Å². The Labute approximate surface area is 116 Å². The molecule has 0 aliphatic carbocycles. The lowest BCUT2D eigenvalue weighted by Gasteiger charge is -2.08. The molecule has 0 aliphatic heterocycles. The van der Waals surface area contributed by atoms with E-state index < -0.39 is 0 Å². The first-order chi connectivity index (χ1) is 9.00. The predicted octanol–water partition coefficient (Wildman–Crippen LogP) is 4.12. The minimum atomic E-state index is 0.0918. The zero-order chi connectivity index (χ0) is 14.0. The van der Waals surface area contributed by atoms with Crippen LogP contribution in [0.4, 0.5) is 5.69 Å². The van der Waals surface area contributed by atoms with E-state index in [0.29, 0.717) is 16.3 Å².